The number of ether oxygens (including phenoxy) is 1. The Bertz CT molecular complexity index is 325. The van der Waals surface area contributed by atoms with E-state index in [0.717, 1.165) is 24.2 Å². The van der Waals surface area contributed by atoms with Crippen molar-refractivity contribution >= 4 is 11.1 Å². The smallest absolute Gasteiger partial charge is 0.187 e. The molecule has 0 spiro atoms. The van der Waals surface area contributed by atoms with Gasteiger partial charge in [0.1, 0.15) is 5.76 Å². The number of allylic oxidation sites excluding steroid dienone is 3. The Morgan fingerprint density at radius 1 is 1.58 bits per heavy atom. The van der Waals surface area contributed by atoms with Gasteiger partial charge in [0.2, 0.25) is 0 Å². The number of hydrogen-bond acceptors (Lipinski definition) is 2. The van der Waals surface area contributed by atoms with Gasteiger partial charge in [0.15, 0.2) is 11.1 Å². The monoisotopic (exact) mass is 184 g/mol. The molecule has 4 heteroatoms. The normalized spacial score (nSPS) is 23.2. The molecule has 1 atom stereocenters. The molecule has 64 valence electrons. The highest BCUT2D eigenvalue weighted by molar-refractivity contribution is 7.83. The van der Waals surface area contributed by atoms with Gasteiger partial charge in [0.05, 0.1) is 11.2 Å². The molecule has 1 unspecified atom stereocenters. The van der Waals surface area contributed by atoms with E-state index in [0.29, 0.717) is 4.91 Å². The fourth-order valence-electron chi connectivity index (χ4n) is 1.39. The molecule has 0 bridgehead atoms. The summed E-state index contributed by atoms with van der Waals surface area (Å²) >= 11 is -1.89. The zero-order chi connectivity index (χ0) is 8.55. The van der Waals surface area contributed by atoms with Crippen molar-refractivity contribution in [1.82, 2.24) is 0 Å². The first-order valence-corrected chi connectivity index (χ1v) is 4.77. The van der Waals surface area contributed by atoms with Gasteiger partial charge in [-0.15, -0.1) is 0 Å². The van der Waals surface area contributed by atoms with E-state index in [4.69, 9.17) is 9.29 Å². The van der Waals surface area contributed by atoms with Crippen LogP contribution in [0.15, 0.2) is 34.7 Å². The van der Waals surface area contributed by atoms with E-state index < -0.39 is 11.1 Å². The standard InChI is InChI=1S/C8H8O3S/c9-12(10)8-4-5-11-7-3-1-2-6(7)8/h3-5H,1-2H2,(H,9,10). The summed E-state index contributed by atoms with van der Waals surface area (Å²) in [6.07, 6.45) is 6.64. The first-order chi connectivity index (χ1) is 5.79. The quantitative estimate of drug-likeness (QED) is 0.631. The molecular formula is C8H8O3S. The number of fused-ring (bicyclic) bond motifs is 1. The molecule has 0 saturated heterocycles. The Balaban J connectivity index is 2.47. The van der Waals surface area contributed by atoms with Gasteiger partial charge in [-0.3, -0.25) is 0 Å². The van der Waals surface area contributed by atoms with E-state index in [1.165, 1.54) is 6.26 Å². The predicted molar refractivity (Wildman–Crippen MR) is 45.3 cm³/mol. The molecule has 3 nitrogen and oxygen atoms in total. The van der Waals surface area contributed by atoms with E-state index in [9.17, 15) is 4.21 Å². The molecule has 0 radical (unpaired) electrons. The van der Waals surface area contributed by atoms with Gasteiger partial charge in [0, 0.05) is 5.57 Å². The van der Waals surface area contributed by atoms with Crippen LogP contribution in [-0.2, 0) is 15.8 Å². The zero-order valence-corrected chi connectivity index (χ0v) is 7.13. The molecular weight excluding hydrogens is 176 g/mol. The van der Waals surface area contributed by atoms with Crippen LogP contribution in [0.5, 0.6) is 0 Å². The van der Waals surface area contributed by atoms with Crippen LogP contribution in [-0.4, -0.2) is 8.76 Å². The Kier molecular flexibility index (Phi) is 1.86. The maximum atomic E-state index is 10.8. The summed E-state index contributed by atoms with van der Waals surface area (Å²) in [5.74, 6) is 0.745. The summed E-state index contributed by atoms with van der Waals surface area (Å²) in [6, 6.07) is 0. The number of hydrogen-bond donors (Lipinski definition) is 1. The first-order valence-electron chi connectivity index (χ1n) is 3.67. The van der Waals surface area contributed by atoms with Crippen molar-refractivity contribution in [2.75, 3.05) is 0 Å². The average molecular weight is 184 g/mol. The molecule has 0 amide bonds. The van der Waals surface area contributed by atoms with Crippen molar-refractivity contribution in [3.8, 4) is 0 Å². The highest BCUT2D eigenvalue weighted by atomic mass is 32.2. The largest absolute Gasteiger partial charge is 0.465 e. The van der Waals surface area contributed by atoms with Gasteiger partial charge in [-0.2, -0.15) is 0 Å². The summed E-state index contributed by atoms with van der Waals surface area (Å²) in [6.45, 7) is 0. The van der Waals surface area contributed by atoms with Gasteiger partial charge in [-0.05, 0) is 25.0 Å². The second kappa shape index (κ2) is 2.88. The minimum absolute atomic E-state index is 0.477. The second-order valence-electron chi connectivity index (χ2n) is 2.62. The van der Waals surface area contributed by atoms with Crippen molar-refractivity contribution in [3.63, 3.8) is 0 Å². The Labute approximate surface area is 72.7 Å². The van der Waals surface area contributed by atoms with Crippen molar-refractivity contribution in [2.24, 2.45) is 0 Å². The van der Waals surface area contributed by atoms with Crippen molar-refractivity contribution in [3.05, 3.63) is 34.7 Å². The lowest BCUT2D eigenvalue weighted by atomic mass is 10.2. The molecule has 0 aromatic heterocycles. The Hall–Kier alpha value is -0.870. The van der Waals surface area contributed by atoms with Crippen LogP contribution in [0.3, 0.4) is 0 Å². The highest BCUT2D eigenvalue weighted by Crippen LogP contribution is 2.33. The zero-order valence-electron chi connectivity index (χ0n) is 6.32. The van der Waals surface area contributed by atoms with E-state index >= 15 is 0 Å². The summed E-state index contributed by atoms with van der Waals surface area (Å²) in [5, 5.41) is 0. The molecule has 1 N–H and O–H groups in total. The van der Waals surface area contributed by atoms with E-state index in [2.05, 4.69) is 0 Å². The lowest BCUT2D eigenvalue weighted by Crippen LogP contribution is -2.01. The molecule has 0 saturated carbocycles. The maximum absolute atomic E-state index is 10.8. The van der Waals surface area contributed by atoms with E-state index in [1.807, 2.05) is 6.08 Å². The van der Waals surface area contributed by atoms with Crippen LogP contribution in [0, 0.1) is 0 Å². The highest BCUT2D eigenvalue weighted by Gasteiger charge is 2.21. The van der Waals surface area contributed by atoms with E-state index in [1.54, 1.807) is 6.08 Å². The van der Waals surface area contributed by atoms with Crippen LogP contribution in [0.1, 0.15) is 12.8 Å². The minimum atomic E-state index is -1.89. The maximum Gasteiger partial charge on any atom is 0.187 e. The SMILES string of the molecule is O=S(O)C1=C2CCC=C2OC=C1. The van der Waals surface area contributed by atoms with Crippen molar-refractivity contribution in [2.45, 2.75) is 12.8 Å². The summed E-state index contributed by atoms with van der Waals surface area (Å²) in [4.78, 5) is 0.477. The molecule has 2 aliphatic rings. The molecule has 2 rings (SSSR count). The fourth-order valence-corrected chi connectivity index (χ4v) is 1.98. The summed E-state index contributed by atoms with van der Waals surface area (Å²) in [7, 11) is 0. The third-order valence-electron chi connectivity index (χ3n) is 1.92. The van der Waals surface area contributed by atoms with Gasteiger partial charge in [0.25, 0.3) is 0 Å². The lowest BCUT2D eigenvalue weighted by Gasteiger charge is -2.11. The molecule has 1 aliphatic carbocycles. The molecule has 12 heavy (non-hydrogen) atoms. The van der Waals surface area contributed by atoms with Crippen molar-refractivity contribution < 1.29 is 13.5 Å². The van der Waals surface area contributed by atoms with Crippen LogP contribution < -0.4 is 0 Å². The average Bonchev–Trinajstić information content (AvgIpc) is 2.49. The molecule has 0 aromatic carbocycles. The molecule has 1 aliphatic heterocycles. The van der Waals surface area contributed by atoms with Crippen LogP contribution in [0.25, 0.3) is 0 Å². The van der Waals surface area contributed by atoms with Crippen LogP contribution in [0.4, 0.5) is 0 Å². The van der Waals surface area contributed by atoms with Crippen LogP contribution in [0.2, 0.25) is 0 Å². The minimum Gasteiger partial charge on any atom is -0.465 e. The molecule has 0 fully saturated rings. The fraction of sp³-hybridized carbons (Fsp3) is 0.250. The summed E-state index contributed by atoms with van der Waals surface area (Å²) < 4.78 is 24.9. The van der Waals surface area contributed by atoms with Gasteiger partial charge < -0.3 is 9.29 Å². The predicted octanol–water partition coefficient (Wildman–Crippen LogP) is 1.68. The first kappa shape index (κ1) is 7.76. The lowest BCUT2D eigenvalue weighted by molar-refractivity contribution is 0.358. The third kappa shape index (κ3) is 1.13. The van der Waals surface area contributed by atoms with Gasteiger partial charge in [-0.1, -0.05) is 0 Å². The topological polar surface area (TPSA) is 46.5 Å². The second-order valence-corrected chi connectivity index (χ2v) is 3.56. The van der Waals surface area contributed by atoms with Gasteiger partial charge in [-0.25, -0.2) is 4.21 Å². The molecule has 1 heterocycles. The van der Waals surface area contributed by atoms with Gasteiger partial charge >= 0.3 is 0 Å². The summed E-state index contributed by atoms with van der Waals surface area (Å²) in [5.41, 5.74) is 0.873. The Morgan fingerprint density at radius 3 is 3.17 bits per heavy atom. The molecule has 0 aromatic rings. The van der Waals surface area contributed by atoms with E-state index in [-0.39, 0.29) is 0 Å². The third-order valence-corrected chi connectivity index (χ3v) is 2.68. The van der Waals surface area contributed by atoms with Crippen molar-refractivity contribution in [1.29, 1.82) is 0 Å². The number of rotatable bonds is 1. The van der Waals surface area contributed by atoms with Crippen LogP contribution >= 0.6 is 0 Å². The Morgan fingerprint density at radius 2 is 2.42 bits per heavy atom.